The van der Waals surface area contributed by atoms with Crippen molar-refractivity contribution >= 4 is 0 Å². The van der Waals surface area contributed by atoms with Crippen molar-refractivity contribution in [3.63, 3.8) is 0 Å². The maximum atomic E-state index is 8.78. The van der Waals surface area contributed by atoms with Crippen LogP contribution >= 0.6 is 0 Å². The van der Waals surface area contributed by atoms with E-state index in [0.29, 0.717) is 6.61 Å². The van der Waals surface area contributed by atoms with Crippen LogP contribution in [-0.2, 0) is 0 Å². The van der Waals surface area contributed by atoms with Crippen molar-refractivity contribution in [3.05, 3.63) is 0 Å². The Bertz CT molecular complexity index is 138. The molecule has 0 aromatic rings. The van der Waals surface area contributed by atoms with E-state index in [9.17, 15) is 0 Å². The Morgan fingerprint density at radius 1 is 1.13 bits per heavy atom. The van der Waals surface area contributed by atoms with E-state index in [1.807, 2.05) is 0 Å². The molecule has 15 heavy (non-hydrogen) atoms. The molecular formula is C12H28N2O. The van der Waals surface area contributed by atoms with Gasteiger partial charge in [-0.15, -0.1) is 0 Å². The maximum Gasteiger partial charge on any atom is 0.0431 e. The number of likely N-dealkylation sites (N-methyl/N-ethyl adjacent to an activating group) is 1. The van der Waals surface area contributed by atoms with Gasteiger partial charge in [-0.2, -0.15) is 0 Å². The van der Waals surface area contributed by atoms with E-state index in [0.717, 1.165) is 45.3 Å². The predicted octanol–water partition coefficient (Wildman–Crippen LogP) is 1.60. The molecule has 0 rings (SSSR count). The highest BCUT2D eigenvalue weighted by molar-refractivity contribution is 4.88. The van der Waals surface area contributed by atoms with Gasteiger partial charge in [-0.05, 0) is 38.8 Å². The Hall–Kier alpha value is -0.120. The van der Waals surface area contributed by atoms with Gasteiger partial charge in [0, 0.05) is 18.7 Å². The smallest absolute Gasteiger partial charge is 0.0431 e. The van der Waals surface area contributed by atoms with E-state index in [2.05, 4.69) is 25.7 Å². The Balaban J connectivity index is 4.31. The average molecular weight is 216 g/mol. The van der Waals surface area contributed by atoms with Crippen LogP contribution in [0, 0.1) is 0 Å². The molecule has 0 aliphatic rings. The van der Waals surface area contributed by atoms with Gasteiger partial charge in [-0.1, -0.05) is 20.8 Å². The van der Waals surface area contributed by atoms with Crippen molar-refractivity contribution in [2.24, 2.45) is 5.73 Å². The van der Waals surface area contributed by atoms with Crippen LogP contribution in [0.3, 0.4) is 0 Å². The summed E-state index contributed by atoms with van der Waals surface area (Å²) in [6.45, 7) is 9.74. The second-order valence-corrected chi connectivity index (χ2v) is 4.15. The first-order chi connectivity index (χ1) is 7.20. The van der Waals surface area contributed by atoms with Crippen LogP contribution in [0.25, 0.3) is 0 Å². The molecule has 0 aliphatic carbocycles. The zero-order chi connectivity index (χ0) is 11.7. The largest absolute Gasteiger partial charge is 0.396 e. The molecule has 3 heteroatoms. The summed E-state index contributed by atoms with van der Waals surface area (Å²) in [5, 5.41) is 8.78. The molecule has 0 bridgehead atoms. The zero-order valence-electron chi connectivity index (χ0n) is 10.6. The fourth-order valence-corrected chi connectivity index (χ4v) is 2.26. The number of nitrogens with zero attached hydrogens (tertiary/aromatic N) is 1. The van der Waals surface area contributed by atoms with Crippen LogP contribution in [0.4, 0.5) is 0 Å². The summed E-state index contributed by atoms with van der Waals surface area (Å²) in [7, 11) is 0. The van der Waals surface area contributed by atoms with Gasteiger partial charge in [-0.25, -0.2) is 0 Å². The van der Waals surface area contributed by atoms with Gasteiger partial charge < -0.3 is 10.8 Å². The van der Waals surface area contributed by atoms with Crippen molar-refractivity contribution in [2.45, 2.75) is 52.0 Å². The third-order valence-electron chi connectivity index (χ3n) is 3.58. The molecule has 0 heterocycles. The van der Waals surface area contributed by atoms with Crippen molar-refractivity contribution in [3.8, 4) is 0 Å². The van der Waals surface area contributed by atoms with Gasteiger partial charge >= 0.3 is 0 Å². The van der Waals surface area contributed by atoms with E-state index in [4.69, 9.17) is 10.8 Å². The molecular weight excluding hydrogens is 188 g/mol. The lowest BCUT2D eigenvalue weighted by molar-refractivity contribution is 0.0868. The Morgan fingerprint density at radius 2 is 1.73 bits per heavy atom. The summed E-state index contributed by atoms with van der Waals surface area (Å²) in [6.07, 6.45) is 4.16. The molecule has 0 atom stereocenters. The highest BCUT2D eigenvalue weighted by Crippen LogP contribution is 2.23. The number of hydrogen-bond acceptors (Lipinski definition) is 3. The lowest BCUT2D eigenvalue weighted by Gasteiger charge is -2.42. The monoisotopic (exact) mass is 216 g/mol. The van der Waals surface area contributed by atoms with Crippen LogP contribution < -0.4 is 5.73 Å². The Kier molecular flexibility index (Phi) is 8.02. The molecule has 3 nitrogen and oxygen atoms in total. The summed E-state index contributed by atoms with van der Waals surface area (Å²) in [4.78, 5) is 2.47. The highest BCUT2D eigenvalue weighted by atomic mass is 16.2. The van der Waals surface area contributed by atoms with Gasteiger partial charge in [0.15, 0.2) is 0 Å². The molecule has 0 spiro atoms. The maximum absolute atomic E-state index is 8.78. The third-order valence-corrected chi connectivity index (χ3v) is 3.58. The fraction of sp³-hybridized carbons (Fsp3) is 1.00. The summed E-state index contributed by atoms with van der Waals surface area (Å²) >= 11 is 0. The number of hydrogen-bond donors (Lipinski definition) is 2. The van der Waals surface area contributed by atoms with Crippen LogP contribution in [0.1, 0.15) is 46.5 Å². The van der Waals surface area contributed by atoms with Gasteiger partial charge in [0.1, 0.15) is 0 Å². The number of nitrogens with two attached hydrogens (primary N) is 1. The number of aliphatic hydroxyl groups excluding tert-OH is 1. The lowest BCUT2D eigenvalue weighted by atomic mass is 9.90. The summed E-state index contributed by atoms with van der Waals surface area (Å²) in [6, 6.07) is 0. The molecule has 0 aromatic heterocycles. The van der Waals surface area contributed by atoms with E-state index < -0.39 is 0 Å². The molecule has 0 saturated heterocycles. The van der Waals surface area contributed by atoms with E-state index in [-0.39, 0.29) is 5.54 Å². The third kappa shape index (κ3) is 4.09. The molecule has 0 aromatic carbocycles. The summed E-state index contributed by atoms with van der Waals surface area (Å²) in [5.41, 5.74) is 6.09. The first-order valence-corrected chi connectivity index (χ1v) is 6.26. The standard InChI is InChI=1S/C12H28N2O/c1-4-12(5-2,11-13)14(6-3)9-7-8-10-15/h15H,4-11,13H2,1-3H3. The molecule has 0 saturated carbocycles. The minimum atomic E-state index is 0.171. The van der Waals surface area contributed by atoms with Gasteiger partial charge in [0.05, 0.1) is 0 Å². The Labute approximate surface area is 94.6 Å². The summed E-state index contributed by atoms with van der Waals surface area (Å²) in [5.74, 6) is 0. The number of aliphatic hydroxyl groups is 1. The van der Waals surface area contributed by atoms with Gasteiger partial charge in [0.25, 0.3) is 0 Å². The predicted molar refractivity (Wildman–Crippen MR) is 65.9 cm³/mol. The molecule has 0 aliphatic heterocycles. The van der Waals surface area contributed by atoms with Crippen LogP contribution in [0.5, 0.6) is 0 Å². The second kappa shape index (κ2) is 8.08. The van der Waals surface area contributed by atoms with Crippen molar-refractivity contribution < 1.29 is 5.11 Å². The lowest BCUT2D eigenvalue weighted by Crippen LogP contribution is -2.53. The van der Waals surface area contributed by atoms with Gasteiger partial charge in [-0.3, -0.25) is 4.90 Å². The Morgan fingerprint density at radius 3 is 2.07 bits per heavy atom. The number of unbranched alkanes of at least 4 members (excludes halogenated alkanes) is 1. The normalized spacial score (nSPS) is 12.4. The van der Waals surface area contributed by atoms with Gasteiger partial charge in [0.2, 0.25) is 0 Å². The van der Waals surface area contributed by atoms with E-state index in [1.54, 1.807) is 0 Å². The summed E-state index contributed by atoms with van der Waals surface area (Å²) < 4.78 is 0. The number of rotatable bonds is 9. The quantitative estimate of drug-likeness (QED) is 0.576. The van der Waals surface area contributed by atoms with Crippen LogP contribution in [0.15, 0.2) is 0 Å². The van der Waals surface area contributed by atoms with E-state index in [1.165, 1.54) is 0 Å². The molecule has 92 valence electrons. The second-order valence-electron chi connectivity index (χ2n) is 4.15. The first kappa shape index (κ1) is 14.9. The minimum absolute atomic E-state index is 0.171. The first-order valence-electron chi connectivity index (χ1n) is 6.26. The average Bonchev–Trinajstić information content (AvgIpc) is 2.29. The van der Waals surface area contributed by atoms with Crippen molar-refractivity contribution in [1.29, 1.82) is 0 Å². The highest BCUT2D eigenvalue weighted by Gasteiger charge is 2.30. The van der Waals surface area contributed by atoms with Crippen molar-refractivity contribution in [2.75, 3.05) is 26.2 Å². The fourth-order valence-electron chi connectivity index (χ4n) is 2.26. The molecule has 0 amide bonds. The molecule has 0 fully saturated rings. The van der Waals surface area contributed by atoms with Crippen LogP contribution in [0.2, 0.25) is 0 Å². The SMILES string of the molecule is CCN(CCCCO)C(CC)(CC)CN. The topological polar surface area (TPSA) is 49.5 Å². The van der Waals surface area contributed by atoms with E-state index >= 15 is 0 Å². The zero-order valence-corrected chi connectivity index (χ0v) is 10.6. The molecule has 0 radical (unpaired) electrons. The molecule has 3 N–H and O–H groups in total. The minimum Gasteiger partial charge on any atom is -0.396 e. The van der Waals surface area contributed by atoms with Crippen LogP contribution in [-0.4, -0.2) is 41.8 Å². The molecule has 0 unspecified atom stereocenters. The van der Waals surface area contributed by atoms with Crippen molar-refractivity contribution in [1.82, 2.24) is 4.90 Å².